The number of hydrogen-bond acceptors (Lipinski definition) is 2. The van der Waals surface area contributed by atoms with Crippen LogP contribution in [0.2, 0.25) is 0 Å². The molecule has 2 N–H and O–H groups in total. The summed E-state index contributed by atoms with van der Waals surface area (Å²) >= 11 is 0. The maximum Gasteiger partial charge on any atom is 0.322 e. The molecule has 1 aliphatic heterocycles. The fourth-order valence-corrected chi connectivity index (χ4v) is 2.78. The number of likely N-dealkylation sites (tertiary alicyclic amines) is 1. The van der Waals surface area contributed by atoms with Gasteiger partial charge in [-0.15, -0.1) is 0 Å². The van der Waals surface area contributed by atoms with E-state index in [-0.39, 0.29) is 6.03 Å². The summed E-state index contributed by atoms with van der Waals surface area (Å²) in [7, 11) is 0. The molecule has 0 aliphatic carbocycles. The Bertz CT molecular complexity index is 454. The Balaban J connectivity index is 2.00. The van der Waals surface area contributed by atoms with E-state index < -0.39 is 6.10 Å². The molecule has 0 saturated carbocycles. The van der Waals surface area contributed by atoms with Gasteiger partial charge in [0, 0.05) is 18.3 Å². The molecule has 0 radical (unpaired) electrons. The zero-order valence-corrected chi connectivity index (χ0v) is 12.5. The van der Waals surface area contributed by atoms with Gasteiger partial charge in [-0.3, -0.25) is 0 Å². The number of rotatable bonds is 3. The zero-order chi connectivity index (χ0) is 14.7. The number of aliphatic hydroxyl groups excluding tert-OH is 1. The van der Waals surface area contributed by atoms with Gasteiger partial charge in [0.15, 0.2) is 0 Å². The molecule has 0 spiro atoms. The number of amides is 2. The molecule has 2 amide bonds. The highest BCUT2D eigenvalue weighted by atomic mass is 16.3. The standard InChI is InChI=1S/C16H24N2O2/c1-11(2)15-5-4-10-18(15)16(20)17-14-8-6-13(7-9-14)12(3)19/h6-9,11-12,15,19H,4-5,10H2,1-3H3,(H,17,20). The first-order valence-electron chi connectivity index (χ1n) is 7.34. The molecule has 1 aliphatic rings. The van der Waals surface area contributed by atoms with Gasteiger partial charge in [-0.2, -0.15) is 0 Å². The van der Waals surface area contributed by atoms with Crippen molar-refractivity contribution in [1.82, 2.24) is 4.90 Å². The van der Waals surface area contributed by atoms with E-state index in [1.54, 1.807) is 6.92 Å². The number of nitrogens with zero attached hydrogens (tertiary/aromatic N) is 1. The average molecular weight is 276 g/mol. The lowest BCUT2D eigenvalue weighted by molar-refractivity contribution is 0.192. The monoisotopic (exact) mass is 276 g/mol. The molecule has 1 aromatic carbocycles. The highest BCUT2D eigenvalue weighted by Gasteiger charge is 2.30. The first-order chi connectivity index (χ1) is 9.49. The van der Waals surface area contributed by atoms with Crippen molar-refractivity contribution in [2.75, 3.05) is 11.9 Å². The molecule has 0 aromatic heterocycles. The molecular weight excluding hydrogens is 252 g/mol. The van der Waals surface area contributed by atoms with Gasteiger partial charge in [0.2, 0.25) is 0 Å². The van der Waals surface area contributed by atoms with Crippen LogP contribution in [0.15, 0.2) is 24.3 Å². The highest BCUT2D eigenvalue weighted by Crippen LogP contribution is 2.24. The Hall–Kier alpha value is -1.55. The number of urea groups is 1. The lowest BCUT2D eigenvalue weighted by Crippen LogP contribution is -2.41. The third-order valence-electron chi connectivity index (χ3n) is 3.97. The van der Waals surface area contributed by atoms with Crippen molar-refractivity contribution in [3.8, 4) is 0 Å². The van der Waals surface area contributed by atoms with E-state index in [0.717, 1.165) is 30.6 Å². The van der Waals surface area contributed by atoms with Gasteiger partial charge < -0.3 is 15.3 Å². The third kappa shape index (κ3) is 3.31. The summed E-state index contributed by atoms with van der Waals surface area (Å²) < 4.78 is 0. The van der Waals surface area contributed by atoms with E-state index in [1.165, 1.54) is 0 Å². The molecular formula is C16H24N2O2. The van der Waals surface area contributed by atoms with Crippen LogP contribution in [0.25, 0.3) is 0 Å². The Labute approximate surface area is 120 Å². The summed E-state index contributed by atoms with van der Waals surface area (Å²) in [4.78, 5) is 14.3. The number of nitrogens with one attached hydrogen (secondary N) is 1. The Kier molecular flexibility index (Phi) is 4.65. The minimum absolute atomic E-state index is 0.0222. The fraction of sp³-hybridized carbons (Fsp3) is 0.562. The minimum Gasteiger partial charge on any atom is -0.389 e. The number of benzene rings is 1. The summed E-state index contributed by atoms with van der Waals surface area (Å²) in [5, 5.41) is 12.4. The highest BCUT2D eigenvalue weighted by molar-refractivity contribution is 5.89. The number of carbonyl (C=O) groups excluding carboxylic acids is 1. The molecule has 0 bridgehead atoms. The summed E-state index contributed by atoms with van der Waals surface area (Å²) in [5.41, 5.74) is 1.62. The van der Waals surface area contributed by atoms with Crippen molar-refractivity contribution in [1.29, 1.82) is 0 Å². The van der Waals surface area contributed by atoms with E-state index in [0.29, 0.717) is 12.0 Å². The maximum atomic E-state index is 12.3. The Morgan fingerprint density at radius 1 is 1.30 bits per heavy atom. The predicted molar refractivity (Wildman–Crippen MR) is 80.7 cm³/mol. The van der Waals surface area contributed by atoms with Gasteiger partial charge in [-0.1, -0.05) is 26.0 Å². The lowest BCUT2D eigenvalue weighted by atomic mass is 10.0. The van der Waals surface area contributed by atoms with Gasteiger partial charge >= 0.3 is 6.03 Å². The van der Waals surface area contributed by atoms with E-state index >= 15 is 0 Å². The number of carbonyl (C=O) groups is 1. The second kappa shape index (κ2) is 6.27. The summed E-state index contributed by atoms with van der Waals surface area (Å²) in [6, 6.07) is 7.66. The van der Waals surface area contributed by atoms with Crippen molar-refractivity contribution in [3.63, 3.8) is 0 Å². The van der Waals surface area contributed by atoms with Crippen LogP contribution in [0, 0.1) is 5.92 Å². The van der Waals surface area contributed by atoms with Crippen molar-refractivity contribution in [2.45, 2.75) is 45.8 Å². The second-order valence-electron chi connectivity index (χ2n) is 5.88. The lowest BCUT2D eigenvalue weighted by Gasteiger charge is -2.27. The molecule has 2 rings (SSSR count). The van der Waals surface area contributed by atoms with Gasteiger partial charge in [0.05, 0.1) is 6.10 Å². The molecule has 1 heterocycles. The van der Waals surface area contributed by atoms with E-state index in [1.807, 2.05) is 29.2 Å². The SMILES string of the molecule is CC(O)c1ccc(NC(=O)N2CCCC2C(C)C)cc1. The van der Waals surface area contributed by atoms with Crippen LogP contribution in [0.4, 0.5) is 10.5 Å². The third-order valence-corrected chi connectivity index (χ3v) is 3.97. The minimum atomic E-state index is -0.483. The molecule has 110 valence electrons. The molecule has 4 nitrogen and oxygen atoms in total. The number of aliphatic hydroxyl groups is 1. The number of anilines is 1. The second-order valence-corrected chi connectivity index (χ2v) is 5.88. The quantitative estimate of drug-likeness (QED) is 0.889. The normalized spacial score (nSPS) is 20.2. The molecule has 1 saturated heterocycles. The van der Waals surface area contributed by atoms with Crippen molar-refractivity contribution >= 4 is 11.7 Å². The molecule has 2 atom stereocenters. The van der Waals surface area contributed by atoms with Crippen LogP contribution in [0.3, 0.4) is 0 Å². The van der Waals surface area contributed by atoms with E-state index in [2.05, 4.69) is 19.2 Å². The average Bonchev–Trinajstić information content (AvgIpc) is 2.88. The first-order valence-corrected chi connectivity index (χ1v) is 7.34. The van der Waals surface area contributed by atoms with Crippen molar-refractivity contribution < 1.29 is 9.90 Å². The van der Waals surface area contributed by atoms with Crippen LogP contribution >= 0.6 is 0 Å². The molecule has 20 heavy (non-hydrogen) atoms. The maximum absolute atomic E-state index is 12.3. The Morgan fingerprint density at radius 2 is 1.95 bits per heavy atom. The van der Waals surface area contributed by atoms with Crippen LogP contribution in [-0.2, 0) is 0 Å². The van der Waals surface area contributed by atoms with E-state index in [9.17, 15) is 9.90 Å². The zero-order valence-electron chi connectivity index (χ0n) is 12.5. The summed E-state index contributed by atoms with van der Waals surface area (Å²) in [5.74, 6) is 0.487. The fourth-order valence-electron chi connectivity index (χ4n) is 2.78. The molecule has 1 fully saturated rings. The first kappa shape index (κ1) is 14.9. The summed E-state index contributed by atoms with van der Waals surface area (Å²) in [6.45, 7) is 6.88. The topological polar surface area (TPSA) is 52.6 Å². The smallest absolute Gasteiger partial charge is 0.322 e. The van der Waals surface area contributed by atoms with Crippen LogP contribution < -0.4 is 5.32 Å². The van der Waals surface area contributed by atoms with Gasteiger partial charge in [0.25, 0.3) is 0 Å². The van der Waals surface area contributed by atoms with Crippen molar-refractivity contribution in [3.05, 3.63) is 29.8 Å². The van der Waals surface area contributed by atoms with Crippen LogP contribution in [0.1, 0.15) is 45.3 Å². The Morgan fingerprint density at radius 3 is 2.50 bits per heavy atom. The number of hydrogen-bond donors (Lipinski definition) is 2. The van der Waals surface area contributed by atoms with Crippen LogP contribution in [-0.4, -0.2) is 28.6 Å². The van der Waals surface area contributed by atoms with Gasteiger partial charge in [0.1, 0.15) is 0 Å². The van der Waals surface area contributed by atoms with Crippen LogP contribution in [0.5, 0.6) is 0 Å². The largest absolute Gasteiger partial charge is 0.389 e. The molecule has 2 unspecified atom stereocenters. The van der Waals surface area contributed by atoms with Gasteiger partial charge in [-0.05, 0) is 43.4 Å². The van der Waals surface area contributed by atoms with E-state index in [4.69, 9.17) is 0 Å². The van der Waals surface area contributed by atoms with Gasteiger partial charge in [-0.25, -0.2) is 4.79 Å². The molecule has 4 heteroatoms. The predicted octanol–water partition coefficient (Wildman–Crippen LogP) is 3.39. The summed E-state index contributed by atoms with van der Waals surface area (Å²) in [6.07, 6.45) is 1.69. The molecule has 1 aromatic rings. The van der Waals surface area contributed by atoms with Crippen molar-refractivity contribution in [2.24, 2.45) is 5.92 Å².